The minimum absolute atomic E-state index is 0.123. The third-order valence-corrected chi connectivity index (χ3v) is 4.22. The summed E-state index contributed by atoms with van der Waals surface area (Å²) in [4.78, 5) is 13.7. The summed E-state index contributed by atoms with van der Waals surface area (Å²) in [6.07, 6.45) is 3.95. The molecular weight excluding hydrogens is 272 g/mol. The van der Waals surface area contributed by atoms with Crippen LogP contribution < -0.4 is 5.32 Å². The Morgan fingerprint density at radius 3 is 3.05 bits per heavy atom. The molecule has 1 aliphatic carbocycles. The van der Waals surface area contributed by atoms with Gasteiger partial charge in [-0.25, -0.2) is 4.68 Å². The molecule has 0 aromatic carbocycles. The van der Waals surface area contributed by atoms with Crippen LogP contribution in [0.3, 0.4) is 0 Å². The van der Waals surface area contributed by atoms with Crippen molar-refractivity contribution in [3.8, 4) is 0 Å². The number of nitrogens with one attached hydrogen (secondary N) is 1. The van der Waals surface area contributed by atoms with Gasteiger partial charge in [0.1, 0.15) is 0 Å². The van der Waals surface area contributed by atoms with Crippen molar-refractivity contribution in [3.05, 3.63) is 5.82 Å². The van der Waals surface area contributed by atoms with Gasteiger partial charge in [-0.05, 0) is 42.7 Å². The predicted octanol–water partition coefficient (Wildman–Crippen LogP) is -0.529. The van der Waals surface area contributed by atoms with Crippen LogP contribution in [0, 0.1) is 0 Å². The Morgan fingerprint density at radius 2 is 2.33 bits per heavy atom. The van der Waals surface area contributed by atoms with Gasteiger partial charge in [-0.15, -0.1) is 5.10 Å². The van der Waals surface area contributed by atoms with E-state index in [2.05, 4.69) is 25.7 Å². The topological polar surface area (TPSA) is 96.2 Å². The van der Waals surface area contributed by atoms with Gasteiger partial charge in [0.2, 0.25) is 5.91 Å². The van der Waals surface area contributed by atoms with E-state index in [1.54, 1.807) is 7.05 Å². The lowest BCUT2D eigenvalue weighted by Gasteiger charge is -2.38. The quantitative estimate of drug-likeness (QED) is 0.758. The molecule has 8 nitrogen and oxygen atoms in total. The molecule has 3 rings (SSSR count). The highest BCUT2D eigenvalue weighted by Gasteiger charge is 2.36. The maximum atomic E-state index is 11.5. The summed E-state index contributed by atoms with van der Waals surface area (Å²) in [5, 5.41) is 25.1. The molecule has 21 heavy (non-hydrogen) atoms. The zero-order chi connectivity index (χ0) is 14.9. The van der Waals surface area contributed by atoms with Crippen molar-refractivity contribution in [1.82, 2.24) is 30.4 Å². The van der Waals surface area contributed by atoms with Crippen LogP contribution in [0.2, 0.25) is 0 Å². The number of aromatic nitrogens is 4. The Morgan fingerprint density at radius 1 is 1.52 bits per heavy atom. The van der Waals surface area contributed by atoms with Crippen molar-refractivity contribution < 1.29 is 9.90 Å². The van der Waals surface area contributed by atoms with Crippen LogP contribution in [0.1, 0.15) is 44.0 Å². The average molecular weight is 294 g/mol. The van der Waals surface area contributed by atoms with E-state index < -0.39 is 5.60 Å². The van der Waals surface area contributed by atoms with Crippen LogP contribution in [-0.2, 0) is 11.3 Å². The molecule has 1 atom stereocenters. The number of carbonyl (C=O) groups excluding carboxylic acids is 1. The van der Waals surface area contributed by atoms with Crippen LogP contribution in [0.15, 0.2) is 0 Å². The highest BCUT2D eigenvalue weighted by molar-refractivity contribution is 5.76. The van der Waals surface area contributed by atoms with Gasteiger partial charge in [-0.1, -0.05) is 0 Å². The van der Waals surface area contributed by atoms with Gasteiger partial charge in [-0.2, -0.15) is 0 Å². The fraction of sp³-hybridized carbons (Fsp3) is 0.846. The van der Waals surface area contributed by atoms with E-state index >= 15 is 0 Å². The summed E-state index contributed by atoms with van der Waals surface area (Å²) < 4.78 is 1.90. The van der Waals surface area contributed by atoms with E-state index in [0.29, 0.717) is 25.6 Å². The largest absolute Gasteiger partial charge is 0.388 e. The highest BCUT2D eigenvalue weighted by atomic mass is 16.3. The van der Waals surface area contributed by atoms with Gasteiger partial charge in [0.25, 0.3) is 0 Å². The molecule has 0 spiro atoms. The summed E-state index contributed by atoms with van der Waals surface area (Å²) in [6.45, 7) is 2.01. The van der Waals surface area contributed by atoms with E-state index in [1.165, 1.54) is 0 Å². The zero-order valence-corrected chi connectivity index (χ0v) is 12.3. The fourth-order valence-electron chi connectivity index (χ4n) is 2.99. The number of carbonyl (C=O) groups is 1. The van der Waals surface area contributed by atoms with Crippen LogP contribution >= 0.6 is 0 Å². The molecule has 1 saturated carbocycles. The van der Waals surface area contributed by atoms with Crippen LogP contribution in [0.4, 0.5) is 0 Å². The molecule has 0 bridgehead atoms. The number of hydrogen-bond donors (Lipinski definition) is 2. The molecule has 1 saturated heterocycles. The van der Waals surface area contributed by atoms with Crippen molar-refractivity contribution in [1.29, 1.82) is 0 Å². The average Bonchev–Trinajstić information content (AvgIpc) is 3.19. The molecule has 2 aliphatic rings. The Balaban J connectivity index is 1.63. The molecular formula is C13H22N6O2. The maximum Gasteiger partial charge on any atom is 0.222 e. The standard InChI is InChI=1S/C13H22N6O2/c1-14-12(20)7-13(21)5-2-6-18(9-13)8-11-15-16-17-19(11)10-3-4-10/h10,21H,2-9H2,1H3,(H,14,20). The molecule has 1 aliphatic heterocycles. The first-order valence-corrected chi connectivity index (χ1v) is 7.52. The van der Waals surface area contributed by atoms with Crippen LogP contribution in [0.25, 0.3) is 0 Å². The monoisotopic (exact) mass is 294 g/mol. The van der Waals surface area contributed by atoms with Crippen molar-refractivity contribution in [2.24, 2.45) is 0 Å². The normalized spacial score (nSPS) is 26.8. The molecule has 2 fully saturated rings. The molecule has 116 valence electrons. The van der Waals surface area contributed by atoms with E-state index in [0.717, 1.165) is 31.6 Å². The van der Waals surface area contributed by atoms with Crippen LogP contribution in [-0.4, -0.2) is 61.9 Å². The summed E-state index contributed by atoms with van der Waals surface area (Å²) in [7, 11) is 1.59. The molecule has 1 amide bonds. The van der Waals surface area contributed by atoms with Gasteiger partial charge < -0.3 is 10.4 Å². The minimum atomic E-state index is -0.948. The zero-order valence-electron chi connectivity index (χ0n) is 12.3. The summed E-state index contributed by atoms with van der Waals surface area (Å²) in [5.74, 6) is 0.726. The second-order valence-electron chi connectivity index (χ2n) is 6.16. The van der Waals surface area contributed by atoms with E-state index in [4.69, 9.17) is 0 Å². The van der Waals surface area contributed by atoms with E-state index in [1.807, 2.05) is 4.68 Å². The molecule has 8 heteroatoms. The Hall–Kier alpha value is -1.54. The number of tetrazole rings is 1. The van der Waals surface area contributed by atoms with Crippen molar-refractivity contribution in [3.63, 3.8) is 0 Å². The molecule has 0 radical (unpaired) electrons. The smallest absolute Gasteiger partial charge is 0.222 e. The summed E-state index contributed by atoms with van der Waals surface area (Å²) in [5.41, 5.74) is -0.948. The first-order valence-electron chi connectivity index (χ1n) is 7.52. The molecule has 1 aromatic rings. The molecule has 2 N–H and O–H groups in total. The lowest BCUT2D eigenvalue weighted by molar-refractivity contribution is -0.128. The fourth-order valence-corrected chi connectivity index (χ4v) is 2.99. The number of likely N-dealkylation sites (tertiary alicyclic amines) is 1. The SMILES string of the molecule is CNC(=O)CC1(O)CCCN(Cc2nnnn2C2CC2)C1. The van der Waals surface area contributed by atoms with Crippen LogP contribution in [0.5, 0.6) is 0 Å². The van der Waals surface area contributed by atoms with Crippen molar-refractivity contribution in [2.45, 2.75) is 50.3 Å². The third kappa shape index (κ3) is 3.38. The van der Waals surface area contributed by atoms with Gasteiger partial charge in [-0.3, -0.25) is 9.69 Å². The Kier molecular flexibility index (Phi) is 3.90. The first-order chi connectivity index (χ1) is 10.1. The molecule has 2 heterocycles. The Labute approximate surface area is 123 Å². The first kappa shape index (κ1) is 14.4. The van der Waals surface area contributed by atoms with Crippen molar-refractivity contribution in [2.75, 3.05) is 20.1 Å². The number of hydrogen-bond acceptors (Lipinski definition) is 6. The Bertz CT molecular complexity index is 515. The molecule has 1 aromatic heterocycles. The number of rotatable bonds is 5. The maximum absolute atomic E-state index is 11.5. The molecule has 1 unspecified atom stereocenters. The highest BCUT2D eigenvalue weighted by Crippen LogP contribution is 2.35. The number of nitrogens with zero attached hydrogens (tertiary/aromatic N) is 5. The lowest BCUT2D eigenvalue weighted by Crippen LogP contribution is -2.50. The predicted molar refractivity (Wildman–Crippen MR) is 74.2 cm³/mol. The van der Waals surface area contributed by atoms with Gasteiger partial charge in [0.05, 0.1) is 24.6 Å². The number of aliphatic hydroxyl groups is 1. The third-order valence-electron chi connectivity index (χ3n) is 4.22. The number of β-amino-alcohol motifs (C(OH)–C–C–N with tert-alkyl or cyclic N) is 1. The number of piperidine rings is 1. The van der Waals surface area contributed by atoms with E-state index in [9.17, 15) is 9.90 Å². The van der Waals surface area contributed by atoms with Crippen molar-refractivity contribution >= 4 is 5.91 Å². The second-order valence-corrected chi connectivity index (χ2v) is 6.16. The number of amides is 1. The minimum Gasteiger partial charge on any atom is -0.388 e. The lowest BCUT2D eigenvalue weighted by atomic mass is 9.89. The van der Waals surface area contributed by atoms with E-state index in [-0.39, 0.29) is 12.3 Å². The van der Waals surface area contributed by atoms with Gasteiger partial charge >= 0.3 is 0 Å². The summed E-state index contributed by atoms with van der Waals surface area (Å²) >= 11 is 0. The van der Waals surface area contributed by atoms with Gasteiger partial charge in [0.15, 0.2) is 5.82 Å². The van der Waals surface area contributed by atoms with Gasteiger partial charge in [0, 0.05) is 13.6 Å². The second kappa shape index (κ2) is 5.69. The summed E-state index contributed by atoms with van der Waals surface area (Å²) in [6, 6.07) is 0.449.